The second-order valence-corrected chi connectivity index (χ2v) is 7.37. The number of carbonyl (C=O) groups excluding carboxylic acids is 2. The highest BCUT2D eigenvalue weighted by molar-refractivity contribution is 9.10. The van der Waals surface area contributed by atoms with E-state index >= 15 is 0 Å². The Hall–Kier alpha value is -3.12. The SMILES string of the molecule is Cc1ccc(NC(=O)c2ccc(OC(=O)COc3ccc(Br)c(C)c3)cc2)cc1. The number of carbonyl (C=O) groups is 2. The number of halogens is 1. The van der Waals surface area contributed by atoms with Crippen molar-refractivity contribution in [3.8, 4) is 11.5 Å². The predicted molar refractivity (Wildman–Crippen MR) is 116 cm³/mol. The normalized spacial score (nSPS) is 10.3. The van der Waals surface area contributed by atoms with Gasteiger partial charge in [-0.05, 0) is 74.0 Å². The van der Waals surface area contributed by atoms with E-state index in [1.807, 2.05) is 50.2 Å². The van der Waals surface area contributed by atoms with Crippen LogP contribution in [0, 0.1) is 13.8 Å². The molecule has 148 valence electrons. The number of hydrogen-bond donors (Lipinski definition) is 1. The molecule has 3 aromatic carbocycles. The van der Waals surface area contributed by atoms with Crippen molar-refractivity contribution in [1.29, 1.82) is 0 Å². The third kappa shape index (κ3) is 5.93. The van der Waals surface area contributed by atoms with Crippen LogP contribution in [0.15, 0.2) is 71.2 Å². The highest BCUT2D eigenvalue weighted by atomic mass is 79.9. The van der Waals surface area contributed by atoms with Crippen molar-refractivity contribution < 1.29 is 19.1 Å². The van der Waals surface area contributed by atoms with Gasteiger partial charge >= 0.3 is 5.97 Å². The molecule has 0 fully saturated rings. The summed E-state index contributed by atoms with van der Waals surface area (Å²) in [6, 6.07) is 19.4. The molecule has 3 rings (SSSR count). The molecule has 0 bridgehead atoms. The highest BCUT2D eigenvalue weighted by Gasteiger charge is 2.10. The minimum Gasteiger partial charge on any atom is -0.482 e. The molecule has 0 heterocycles. The van der Waals surface area contributed by atoms with Crippen molar-refractivity contribution in [2.75, 3.05) is 11.9 Å². The van der Waals surface area contributed by atoms with Crippen LogP contribution in [0.3, 0.4) is 0 Å². The second kappa shape index (κ2) is 9.39. The topological polar surface area (TPSA) is 64.6 Å². The summed E-state index contributed by atoms with van der Waals surface area (Å²) < 4.78 is 11.7. The summed E-state index contributed by atoms with van der Waals surface area (Å²) in [7, 11) is 0. The number of esters is 1. The van der Waals surface area contributed by atoms with Crippen LogP contribution in [0.25, 0.3) is 0 Å². The number of amides is 1. The van der Waals surface area contributed by atoms with Gasteiger partial charge in [0.25, 0.3) is 5.91 Å². The summed E-state index contributed by atoms with van der Waals surface area (Å²) in [5, 5.41) is 2.82. The minimum absolute atomic E-state index is 0.212. The lowest BCUT2D eigenvalue weighted by Gasteiger charge is -2.09. The first-order valence-electron chi connectivity index (χ1n) is 8.98. The fourth-order valence-corrected chi connectivity index (χ4v) is 2.77. The zero-order valence-corrected chi connectivity index (χ0v) is 17.7. The van der Waals surface area contributed by atoms with E-state index in [2.05, 4.69) is 21.2 Å². The maximum atomic E-state index is 12.3. The fraction of sp³-hybridized carbons (Fsp3) is 0.130. The van der Waals surface area contributed by atoms with Gasteiger partial charge in [-0.15, -0.1) is 0 Å². The summed E-state index contributed by atoms with van der Waals surface area (Å²) in [5.74, 6) is 0.173. The molecule has 0 radical (unpaired) electrons. The Kier molecular flexibility index (Phi) is 6.67. The summed E-state index contributed by atoms with van der Waals surface area (Å²) in [6.45, 7) is 3.71. The van der Waals surface area contributed by atoms with Crippen molar-refractivity contribution in [2.24, 2.45) is 0 Å². The van der Waals surface area contributed by atoms with Gasteiger partial charge in [-0.1, -0.05) is 33.6 Å². The average molecular weight is 454 g/mol. The quantitative estimate of drug-likeness (QED) is 0.406. The van der Waals surface area contributed by atoms with Crippen LogP contribution in [0.5, 0.6) is 11.5 Å². The summed E-state index contributed by atoms with van der Waals surface area (Å²) >= 11 is 3.42. The molecule has 1 N–H and O–H groups in total. The Balaban J connectivity index is 1.52. The lowest BCUT2D eigenvalue weighted by atomic mass is 10.2. The molecule has 0 unspecified atom stereocenters. The molecule has 0 aliphatic rings. The molecule has 0 aliphatic heterocycles. The van der Waals surface area contributed by atoms with Crippen molar-refractivity contribution in [1.82, 2.24) is 0 Å². The van der Waals surface area contributed by atoms with E-state index in [0.29, 0.717) is 17.1 Å². The van der Waals surface area contributed by atoms with E-state index in [4.69, 9.17) is 9.47 Å². The molecule has 0 aromatic heterocycles. The van der Waals surface area contributed by atoms with E-state index in [1.54, 1.807) is 30.3 Å². The third-order valence-corrected chi connectivity index (χ3v) is 5.03. The monoisotopic (exact) mass is 453 g/mol. The molecule has 0 saturated carbocycles. The zero-order valence-electron chi connectivity index (χ0n) is 16.1. The number of aryl methyl sites for hydroxylation is 2. The molecule has 0 spiro atoms. The second-order valence-electron chi connectivity index (χ2n) is 6.52. The molecule has 1 amide bonds. The predicted octanol–water partition coefficient (Wildman–Crippen LogP) is 5.30. The molecular formula is C23H20BrNO4. The van der Waals surface area contributed by atoms with Gasteiger partial charge in [0.05, 0.1) is 0 Å². The Morgan fingerprint density at radius 1 is 0.897 bits per heavy atom. The average Bonchev–Trinajstić information content (AvgIpc) is 2.71. The molecule has 0 aliphatic carbocycles. The first kappa shape index (κ1) is 20.6. The van der Waals surface area contributed by atoms with Crippen LogP contribution in [0.1, 0.15) is 21.5 Å². The van der Waals surface area contributed by atoms with Gasteiger partial charge in [0.1, 0.15) is 11.5 Å². The lowest BCUT2D eigenvalue weighted by molar-refractivity contribution is -0.136. The van der Waals surface area contributed by atoms with Crippen molar-refractivity contribution in [3.63, 3.8) is 0 Å². The number of rotatable bonds is 6. The third-order valence-electron chi connectivity index (χ3n) is 4.14. The van der Waals surface area contributed by atoms with Crippen LogP contribution >= 0.6 is 15.9 Å². The van der Waals surface area contributed by atoms with Gasteiger partial charge in [-0.3, -0.25) is 4.79 Å². The van der Waals surface area contributed by atoms with Crippen LogP contribution < -0.4 is 14.8 Å². The molecule has 29 heavy (non-hydrogen) atoms. The first-order valence-corrected chi connectivity index (χ1v) is 9.78. The Bertz CT molecular complexity index is 1010. The Morgan fingerprint density at radius 3 is 2.21 bits per heavy atom. The smallest absolute Gasteiger partial charge is 0.349 e. The van der Waals surface area contributed by atoms with E-state index in [-0.39, 0.29) is 12.5 Å². The van der Waals surface area contributed by atoms with E-state index in [9.17, 15) is 9.59 Å². The van der Waals surface area contributed by atoms with E-state index < -0.39 is 5.97 Å². The lowest BCUT2D eigenvalue weighted by Crippen LogP contribution is -2.18. The number of hydrogen-bond acceptors (Lipinski definition) is 4. The maximum Gasteiger partial charge on any atom is 0.349 e. The van der Waals surface area contributed by atoms with Crippen LogP contribution in [-0.4, -0.2) is 18.5 Å². The van der Waals surface area contributed by atoms with Gasteiger partial charge in [0.15, 0.2) is 6.61 Å². The molecule has 3 aromatic rings. The van der Waals surface area contributed by atoms with Gasteiger partial charge in [-0.2, -0.15) is 0 Å². The van der Waals surface area contributed by atoms with Crippen molar-refractivity contribution in [2.45, 2.75) is 13.8 Å². The van der Waals surface area contributed by atoms with E-state index in [0.717, 1.165) is 21.3 Å². The van der Waals surface area contributed by atoms with Crippen LogP contribution in [0.4, 0.5) is 5.69 Å². The number of nitrogens with one attached hydrogen (secondary N) is 1. The maximum absolute atomic E-state index is 12.3. The van der Waals surface area contributed by atoms with E-state index in [1.165, 1.54) is 0 Å². The highest BCUT2D eigenvalue weighted by Crippen LogP contribution is 2.21. The first-order chi connectivity index (χ1) is 13.9. The summed E-state index contributed by atoms with van der Waals surface area (Å²) in [5.41, 5.74) is 3.31. The van der Waals surface area contributed by atoms with Crippen LogP contribution in [-0.2, 0) is 4.79 Å². The van der Waals surface area contributed by atoms with Crippen molar-refractivity contribution >= 4 is 33.5 Å². The Labute approximate surface area is 177 Å². The largest absolute Gasteiger partial charge is 0.482 e. The Morgan fingerprint density at radius 2 is 1.55 bits per heavy atom. The molecular weight excluding hydrogens is 434 g/mol. The minimum atomic E-state index is -0.526. The van der Waals surface area contributed by atoms with Gasteiger partial charge in [0, 0.05) is 15.7 Å². The summed E-state index contributed by atoms with van der Waals surface area (Å²) in [4.78, 5) is 24.3. The van der Waals surface area contributed by atoms with Crippen LogP contribution in [0.2, 0.25) is 0 Å². The van der Waals surface area contributed by atoms with Gasteiger partial charge < -0.3 is 14.8 Å². The van der Waals surface area contributed by atoms with Gasteiger partial charge in [0.2, 0.25) is 0 Å². The van der Waals surface area contributed by atoms with Gasteiger partial charge in [-0.25, -0.2) is 4.79 Å². The zero-order chi connectivity index (χ0) is 20.8. The van der Waals surface area contributed by atoms with Crippen molar-refractivity contribution in [3.05, 3.63) is 87.9 Å². The fourth-order valence-electron chi connectivity index (χ4n) is 2.52. The number of anilines is 1. The molecule has 0 saturated heterocycles. The number of ether oxygens (including phenoxy) is 2. The molecule has 5 nitrogen and oxygen atoms in total. The molecule has 0 atom stereocenters. The standard InChI is InChI=1S/C23H20BrNO4/c1-15-3-7-18(8-4-15)25-23(27)17-5-9-19(10-6-17)29-22(26)14-28-20-11-12-21(24)16(2)13-20/h3-13H,14H2,1-2H3,(H,25,27). The summed E-state index contributed by atoms with van der Waals surface area (Å²) in [6.07, 6.45) is 0. The molecule has 6 heteroatoms. The number of benzene rings is 3.